The van der Waals surface area contributed by atoms with Crippen LogP contribution in [0.4, 0.5) is 5.82 Å². The Bertz CT molecular complexity index is 451. The quantitative estimate of drug-likeness (QED) is 0.785. The van der Waals surface area contributed by atoms with Crippen LogP contribution in [0, 0.1) is 6.92 Å². The molecule has 1 aromatic rings. The fourth-order valence-corrected chi connectivity index (χ4v) is 3.54. The average molecular weight is 299 g/mol. The largest absolute Gasteiger partial charge is 0.389 e. The fourth-order valence-electron chi connectivity index (χ4n) is 2.31. The van der Waals surface area contributed by atoms with Crippen molar-refractivity contribution in [3.05, 3.63) is 11.3 Å². The Kier molecular flexibility index (Phi) is 5.06. The highest BCUT2D eigenvalue weighted by Gasteiger charge is 2.16. The van der Waals surface area contributed by atoms with Crippen LogP contribution in [0.15, 0.2) is 0 Å². The summed E-state index contributed by atoms with van der Waals surface area (Å²) in [5.74, 6) is 3.41. The minimum atomic E-state index is 0.405. The van der Waals surface area contributed by atoms with Gasteiger partial charge in [0.25, 0.3) is 0 Å². The number of thioether (sulfide) groups is 1. The third-order valence-corrected chi connectivity index (χ3v) is 4.44. The Morgan fingerprint density at radius 2 is 2.16 bits per heavy atom. The molecule has 7 heteroatoms. The van der Waals surface area contributed by atoms with E-state index in [1.54, 1.807) is 0 Å². The van der Waals surface area contributed by atoms with Gasteiger partial charge in [0.15, 0.2) is 0 Å². The van der Waals surface area contributed by atoms with Crippen LogP contribution in [0.1, 0.15) is 11.3 Å². The van der Waals surface area contributed by atoms with Crippen LogP contribution in [0.5, 0.6) is 0 Å². The third kappa shape index (κ3) is 3.61. The number of hydrogen-bond acceptors (Lipinski definition) is 5. The predicted molar refractivity (Wildman–Crippen MR) is 86.1 cm³/mol. The van der Waals surface area contributed by atoms with Crippen molar-refractivity contribution in [1.82, 2.24) is 14.7 Å². The molecule has 0 atom stereocenters. The monoisotopic (exact) mass is 299 g/mol. The summed E-state index contributed by atoms with van der Waals surface area (Å²) < 4.78 is 1.82. The normalized spacial score (nSPS) is 16.5. The molecule has 1 aliphatic rings. The van der Waals surface area contributed by atoms with Crippen molar-refractivity contribution >= 4 is 34.8 Å². The molecule has 0 amide bonds. The lowest BCUT2D eigenvalue weighted by Gasteiger charge is -2.26. The Balaban J connectivity index is 1.93. The first-order valence-corrected chi connectivity index (χ1v) is 8.03. The molecule has 0 unspecified atom stereocenters. The van der Waals surface area contributed by atoms with E-state index in [9.17, 15) is 0 Å². The molecule has 0 radical (unpaired) electrons. The van der Waals surface area contributed by atoms with E-state index in [-0.39, 0.29) is 0 Å². The molecular formula is C12H21N5S2. The maximum absolute atomic E-state index is 5.77. The molecular weight excluding hydrogens is 278 g/mol. The molecule has 0 bridgehead atoms. The summed E-state index contributed by atoms with van der Waals surface area (Å²) in [4.78, 5) is 2.88. The number of nitrogens with one attached hydrogen (secondary N) is 1. The first-order valence-electron chi connectivity index (χ1n) is 6.47. The maximum atomic E-state index is 5.77. The minimum absolute atomic E-state index is 0.405. The standard InChI is InChI=1S/C12H21N5S2/c1-9-10(11(13)18)12(16(2)15-9)14-3-4-17-5-7-19-8-6-17/h14H,3-8H2,1-2H3,(H2,13,18). The highest BCUT2D eigenvalue weighted by Crippen LogP contribution is 2.18. The van der Waals surface area contributed by atoms with Crippen molar-refractivity contribution in [1.29, 1.82) is 0 Å². The highest BCUT2D eigenvalue weighted by molar-refractivity contribution is 7.99. The fraction of sp³-hybridized carbons (Fsp3) is 0.667. The van der Waals surface area contributed by atoms with Gasteiger partial charge < -0.3 is 11.1 Å². The highest BCUT2D eigenvalue weighted by atomic mass is 32.2. The zero-order chi connectivity index (χ0) is 13.8. The number of anilines is 1. The van der Waals surface area contributed by atoms with Gasteiger partial charge in [0, 0.05) is 44.7 Å². The minimum Gasteiger partial charge on any atom is -0.389 e. The van der Waals surface area contributed by atoms with Gasteiger partial charge in [0.2, 0.25) is 0 Å². The van der Waals surface area contributed by atoms with E-state index in [2.05, 4.69) is 15.3 Å². The number of hydrogen-bond donors (Lipinski definition) is 2. The zero-order valence-electron chi connectivity index (χ0n) is 11.5. The molecule has 0 saturated carbocycles. The zero-order valence-corrected chi connectivity index (χ0v) is 13.1. The molecule has 1 fully saturated rings. The van der Waals surface area contributed by atoms with Crippen molar-refractivity contribution in [3.8, 4) is 0 Å². The van der Waals surface area contributed by atoms with Crippen LogP contribution in [0.25, 0.3) is 0 Å². The van der Waals surface area contributed by atoms with E-state index in [1.165, 1.54) is 24.6 Å². The predicted octanol–water partition coefficient (Wildman–Crippen LogP) is 0.823. The summed E-state index contributed by atoms with van der Waals surface area (Å²) in [5.41, 5.74) is 7.52. The van der Waals surface area contributed by atoms with Crippen LogP contribution in [-0.2, 0) is 7.05 Å². The van der Waals surface area contributed by atoms with Crippen molar-refractivity contribution in [3.63, 3.8) is 0 Å². The summed E-state index contributed by atoms with van der Waals surface area (Å²) in [5, 5.41) is 7.78. The van der Waals surface area contributed by atoms with Gasteiger partial charge in [-0.25, -0.2) is 0 Å². The number of thiocarbonyl (C=S) groups is 1. The number of aryl methyl sites for hydroxylation is 2. The molecule has 0 spiro atoms. The van der Waals surface area contributed by atoms with Gasteiger partial charge in [-0.05, 0) is 6.92 Å². The van der Waals surface area contributed by atoms with Crippen LogP contribution < -0.4 is 11.1 Å². The van der Waals surface area contributed by atoms with Crippen LogP contribution in [-0.4, -0.2) is 57.4 Å². The second kappa shape index (κ2) is 6.58. The van der Waals surface area contributed by atoms with E-state index >= 15 is 0 Å². The Morgan fingerprint density at radius 1 is 1.47 bits per heavy atom. The molecule has 3 N–H and O–H groups in total. The number of nitrogens with two attached hydrogens (primary N) is 1. The van der Waals surface area contributed by atoms with Crippen molar-refractivity contribution in [2.75, 3.05) is 43.0 Å². The topological polar surface area (TPSA) is 59.1 Å². The lowest BCUT2D eigenvalue weighted by molar-refractivity contribution is 0.314. The van der Waals surface area contributed by atoms with Crippen LogP contribution in [0.3, 0.4) is 0 Å². The first-order chi connectivity index (χ1) is 9.09. The summed E-state index contributed by atoms with van der Waals surface area (Å²) in [6, 6.07) is 0. The molecule has 106 valence electrons. The lowest BCUT2D eigenvalue weighted by atomic mass is 10.2. The molecule has 0 aliphatic carbocycles. The molecule has 1 aliphatic heterocycles. The Morgan fingerprint density at radius 3 is 2.79 bits per heavy atom. The summed E-state index contributed by atoms with van der Waals surface area (Å²) >= 11 is 7.13. The van der Waals surface area contributed by atoms with E-state index < -0.39 is 0 Å². The van der Waals surface area contributed by atoms with Crippen LogP contribution >= 0.6 is 24.0 Å². The molecule has 2 rings (SSSR count). The number of nitrogens with zero attached hydrogens (tertiary/aromatic N) is 3. The van der Waals surface area contributed by atoms with Crippen molar-refractivity contribution in [2.24, 2.45) is 12.8 Å². The summed E-state index contributed by atoms with van der Waals surface area (Å²) in [6.45, 7) is 6.22. The van der Waals surface area contributed by atoms with Crippen molar-refractivity contribution < 1.29 is 0 Å². The second-order valence-electron chi connectivity index (χ2n) is 4.68. The Hall–Kier alpha value is -0.790. The van der Waals surface area contributed by atoms with E-state index in [0.29, 0.717) is 4.99 Å². The number of aromatic nitrogens is 2. The van der Waals surface area contributed by atoms with Gasteiger partial charge >= 0.3 is 0 Å². The van der Waals surface area contributed by atoms with Gasteiger partial charge in [0.1, 0.15) is 10.8 Å². The van der Waals surface area contributed by atoms with Gasteiger partial charge in [-0.1, -0.05) is 12.2 Å². The molecule has 2 heterocycles. The SMILES string of the molecule is Cc1nn(C)c(NCCN2CCSCC2)c1C(N)=S. The molecule has 0 aromatic carbocycles. The first kappa shape index (κ1) is 14.6. The molecule has 1 saturated heterocycles. The van der Waals surface area contributed by atoms with Gasteiger partial charge in [0.05, 0.1) is 11.3 Å². The second-order valence-corrected chi connectivity index (χ2v) is 6.34. The summed E-state index contributed by atoms with van der Waals surface area (Å²) in [6.07, 6.45) is 0. The Labute approximate surface area is 123 Å². The summed E-state index contributed by atoms with van der Waals surface area (Å²) in [7, 11) is 1.91. The van der Waals surface area contributed by atoms with E-state index in [4.69, 9.17) is 18.0 Å². The number of rotatable bonds is 5. The smallest absolute Gasteiger partial charge is 0.134 e. The van der Waals surface area contributed by atoms with Crippen LogP contribution in [0.2, 0.25) is 0 Å². The molecule has 1 aromatic heterocycles. The molecule has 19 heavy (non-hydrogen) atoms. The lowest BCUT2D eigenvalue weighted by Crippen LogP contribution is -2.36. The maximum Gasteiger partial charge on any atom is 0.134 e. The van der Waals surface area contributed by atoms with E-state index in [0.717, 1.165) is 30.2 Å². The molecule has 5 nitrogen and oxygen atoms in total. The third-order valence-electron chi connectivity index (χ3n) is 3.29. The average Bonchev–Trinajstić information content (AvgIpc) is 2.65. The van der Waals surface area contributed by atoms with Gasteiger partial charge in [-0.2, -0.15) is 16.9 Å². The van der Waals surface area contributed by atoms with Crippen molar-refractivity contribution in [2.45, 2.75) is 6.92 Å². The van der Waals surface area contributed by atoms with Gasteiger partial charge in [-0.15, -0.1) is 0 Å². The van der Waals surface area contributed by atoms with Gasteiger partial charge in [-0.3, -0.25) is 9.58 Å². The van der Waals surface area contributed by atoms with E-state index in [1.807, 2.05) is 30.4 Å².